The number of fused-ring (bicyclic) bond motifs is 1. The Kier molecular flexibility index (Phi) is 5.74. The van der Waals surface area contributed by atoms with E-state index in [1.165, 1.54) is 0 Å². The summed E-state index contributed by atoms with van der Waals surface area (Å²) in [6, 6.07) is 11.5. The molecule has 3 aromatic rings. The van der Waals surface area contributed by atoms with Crippen molar-refractivity contribution in [3.63, 3.8) is 0 Å². The van der Waals surface area contributed by atoms with Gasteiger partial charge in [0.2, 0.25) is 0 Å². The molecule has 6 nitrogen and oxygen atoms in total. The first-order chi connectivity index (χ1) is 14.0. The summed E-state index contributed by atoms with van der Waals surface area (Å²) in [6.07, 6.45) is 3.55. The number of carbonyl (C=O) groups is 1. The van der Waals surface area contributed by atoms with Gasteiger partial charge in [-0.1, -0.05) is 23.7 Å². The molecule has 0 spiro atoms. The van der Waals surface area contributed by atoms with Crippen molar-refractivity contribution >= 4 is 28.9 Å². The number of hydrogen-bond acceptors (Lipinski definition) is 5. The fraction of sp³-hybridized carbons (Fsp3) is 0.364. The number of pyridine rings is 1. The molecule has 152 valence electrons. The zero-order valence-corrected chi connectivity index (χ0v) is 17.2. The van der Waals surface area contributed by atoms with Crippen molar-refractivity contribution in [3.05, 3.63) is 53.3 Å². The molecule has 2 aromatic heterocycles. The number of ether oxygens (including phenoxy) is 1. The topological polar surface area (TPSA) is 72.9 Å². The van der Waals surface area contributed by atoms with Gasteiger partial charge in [0.15, 0.2) is 0 Å². The van der Waals surface area contributed by atoms with Gasteiger partial charge >= 0.3 is 5.97 Å². The van der Waals surface area contributed by atoms with Crippen LogP contribution in [0.15, 0.2) is 42.6 Å². The number of carbonyl (C=O) groups excluding carboxylic acids is 1. The first-order valence-electron chi connectivity index (χ1n) is 9.96. The van der Waals surface area contributed by atoms with Crippen molar-refractivity contribution < 1.29 is 9.53 Å². The molecule has 0 radical (unpaired) electrons. The van der Waals surface area contributed by atoms with Crippen LogP contribution in [0.5, 0.6) is 0 Å². The molecule has 0 atom stereocenters. The van der Waals surface area contributed by atoms with E-state index in [0.717, 1.165) is 55.1 Å². The Bertz CT molecular complexity index is 1010. The van der Waals surface area contributed by atoms with Crippen LogP contribution in [-0.2, 0) is 16.1 Å². The Morgan fingerprint density at radius 3 is 2.62 bits per heavy atom. The Labute approximate surface area is 175 Å². The van der Waals surface area contributed by atoms with Gasteiger partial charge in [-0.05, 0) is 57.1 Å². The number of nitrogens with zero attached hydrogens (tertiary/aromatic N) is 3. The van der Waals surface area contributed by atoms with Crippen LogP contribution in [0, 0.1) is 5.92 Å². The normalized spacial score (nSPS) is 15.7. The van der Waals surface area contributed by atoms with Gasteiger partial charge in [0, 0.05) is 29.0 Å². The molecule has 1 fully saturated rings. The second-order valence-corrected chi connectivity index (χ2v) is 7.84. The SMILES string of the molecule is CCOC(=O)C1CCN(Cc2c(-c3ccc(Cl)cc3)nc3ccc(N)cn23)CC1. The van der Waals surface area contributed by atoms with Crippen molar-refractivity contribution in [2.24, 2.45) is 5.92 Å². The Balaban J connectivity index is 1.61. The number of piperidine rings is 1. The average molecular weight is 413 g/mol. The maximum absolute atomic E-state index is 12.0. The summed E-state index contributed by atoms with van der Waals surface area (Å²) < 4.78 is 7.25. The van der Waals surface area contributed by atoms with Crippen molar-refractivity contribution in [1.29, 1.82) is 0 Å². The summed E-state index contributed by atoms with van der Waals surface area (Å²) in [5.41, 5.74) is 10.6. The number of benzene rings is 1. The number of halogens is 1. The third-order valence-corrected chi connectivity index (χ3v) is 5.69. The van der Waals surface area contributed by atoms with Crippen LogP contribution in [0.1, 0.15) is 25.5 Å². The van der Waals surface area contributed by atoms with Crippen LogP contribution in [0.25, 0.3) is 16.9 Å². The highest BCUT2D eigenvalue weighted by molar-refractivity contribution is 6.30. The molecule has 4 rings (SSSR count). The zero-order chi connectivity index (χ0) is 20.4. The van der Waals surface area contributed by atoms with Crippen molar-refractivity contribution in [3.8, 4) is 11.3 Å². The van der Waals surface area contributed by atoms with E-state index in [1.54, 1.807) is 0 Å². The van der Waals surface area contributed by atoms with Gasteiger partial charge in [-0.3, -0.25) is 9.69 Å². The zero-order valence-electron chi connectivity index (χ0n) is 16.5. The Morgan fingerprint density at radius 2 is 1.93 bits per heavy atom. The predicted molar refractivity (Wildman–Crippen MR) is 115 cm³/mol. The summed E-state index contributed by atoms with van der Waals surface area (Å²) in [5, 5.41) is 0.698. The van der Waals surface area contributed by atoms with Crippen molar-refractivity contribution in [2.45, 2.75) is 26.3 Å². The minimum Gasteiger partial charge on any atom is -0.466 e. The second kappa shape index (κ2) is 8.43. The monoisotopic (exact) mass is 412 g/mol. The van der Waals surface area contributed by atoms with E-state index >= 15 is 0 Å². The lowest BCUT2D eigenvalue weighted by Crippen LogP contribution is -2.36. The van der Waals surface area contributed by atoms with Crippen LogP contribution in [0.3, 0.4) is 0 Å². The van der Waals surface area contributed by atoms with Crippen LogP contribution < -0.4 is 5.73 Å². The predicted octanol–water partition coefficient (Wildman–Crippen LogP) is 4.01. The van der Waals surface area contributed by atoms with E-state index in [0.29, 0.717) is 17.3 Å². The summed E-state index contributed by atoms with van der Waals surface area (Å²) in [4.78, 5) is 19.2. The van der Waals surface area contributed by atoms with Gasteiger partial charge in [-0.25, -0.2) is 4.98 Å². The Morgan fingerprint density at radius 1 is 1.21 bits per heavy atom. The highest BCUT2D eigenvalue weighted by atomic mass is 35.5. The number of rotatable bonds is 5. The van der Waals surface area contributed by atoms with E-state index in [9.17, 15) is 4.79 Å². The standard InChI is InChI=1S/C22H25ClN4O2/c1-2-29-22(28)16-9-11-26(12-10-16)14-19-21(15-3-5-17(23)6-4-15)25-20-8-7-18(24)13-27(19)20/h3-8,13,16H,2,9-12,14,24H2,1H3. The third kappa shape index (κ3) is 4.23. The summed E-state index contributed by atoms with van der Waals surface area (Å²) in [5.74, 6) is -0.0728. The van der Waals surface area contributed by atoms with Crippen LogP contribution in [0.2, 0.25) is 5.02 Å². The van der Waals surface area contributed by atoms with Gasteiger partial charge in [0.1, 0.15) is 5.65 Å². The van der Waals surface area contributed by atoms with Gasteiger partial charge in [0.25, 0.3) is 0 Å². The number of anilines is 1. The largest absolute Gasteiger partial charge is 0.466 e. The molecule has 0 unspecified atom stereocenters. The summed E-state index contributed by atoms with van der Waals surface area (Å²) in [7, 11) is 0. The fourth-order valence-corrected chi connectivity index (χ4v) is 4.02. The fourth-order valence-electron chi connectivity index (χ4n) is 3.90. The maximum atomic E-state index is 12.0. The minimum atomic E-state index is -0.0726. The van der Waals surface area contributed by atoms with E-state index < -0.39 is 0 Å². The molecule has 0 amide bonds. The number of nitrogen functional groups attached to an aromatic ring is 1. The number of nitrogens with two attached hydrogens (primary N) is 1. The Hall–Kier alpha value is -2.57. The molecule has 2 N–H and O–H groups in total. The van der Waals surface area contributed by atoms with Crippen LogP contribution >= 0.6 is 11.6 Å². The second-order valence-electron chi connectivity index (χ2n) is 7.41. The molecule has 0 aliphatic carbocycles. The smallest absolute Gasteiger partial charge is 0.309 e. The first kappa shape index (κ1) is 19.7. The first-order valence-corrected chi connectivity index (χ1v) is 10.3. The van der Waals surface area contributed by atoms with Gasteiger partial charge in [0.05, 0.1) is 23.9 Å². The van der Waals surface area contributed by atoms with Crippen molar-refractivity contribution in [1.82, 2.24) is 14.3 Å². The van der Waals surface area contributed by atoms with Gasteiger partial charge in [-0.2, -0.15) is 0 Å². The maximum Gasteiger partial charge on any atom is 0.309 e. The van der Waals surface area contributed by atoms with E-state index in [1.807, 2.05) is 49.5 Å². The highest BCUT2D eigenvalue weighted by Gasteiger charge is 2.27. The molecule has 1 saturated heterocycles. The van der Waals surface area contributed by atoms with E-state index in [4.69, 9.17) is 27.1 Å². The number of hydrogen-bond donors (Lipinski definition) is 1. The average Bonchev–Trinajstić information content (AvgIpc) is 3.07. The van der Waals surface area contributed by atoms with E-state index in [2.05, 4.69) is 9.30 Å². The van der Waals surface area contributed by atoms with Crippen LogP contribution in [0.4, 0.5) is 5.69 Å². The minimum absolute atomic E-state index is 0.000218. The molecule has 7 heteroatoms. The lowest BCUT2D eigenvalue weighted by molar-refractivity contribution is -0.149. The molecular formula is C22H25ClN4O2. The number of imidazole rings is 1. The summed E-state index contributed by atoms with van der Waals surface area (Å²) >= 11 is 6.07. The number of esters is 1. The molecule has 3 heterocycles. The number of aromatic nitrogens is 2. The summed E-state index contributed by atoms with van der Waals surface area (Å²) in [6.45, 7) is 4.71. The van der Waals surface area contributed by atoms with Crippen LogP contribution in [-0.4, -0.2) is 40.0 Å². The molecular weight excluding hydrogens is 388 g/mol. The lowest BCUT2D eigenvalue weighted by atomic mass is 9.96. The lowest BCUT2D eigenvalue weighted by Gasteiger charge is -2.30. The third-order valence-electron chi connectivity index (χ3n) is 5.44. The van der Waals surface area contributed by atoms with Gasteiger partial charge in [-0.15, -0.1) is 0 Å². The molecule has 29 heavy (non-hydrogen) atoms. The van der Waals surface area contributed by atoms with Gasteiger partial charge < -0.3 is 14.9 Å². The highest BCUT2D eigenvalue weighted by Crippen LogP contribution is 2.29. The molecule has 1 aromatic carbocycles. The molecule has 0 saturated carbocycles. The quantitative estimate of drug-likeness (QED) is 0.641. The van der Waals surface area contributed by atoms with E-state index in [-0.39, 0.29) is 11.9 Å². The number of likely N-dealkylation sites (tertiary alicyclic amines) is 1. The molecule has 1 aliphatic rings. The molecule has 0 bridgehead atoms. The van der Waals surface area contributed by atoms with Crippen molar-refractivity contribution in [2.75, 3.05) is 25.4 Å². The molecule has 1 aliphatic heterocycles.